The number of primary amides is 1. The number of rotatable bonds is 4. The Kier molecular flexibility index (Phi) is 5.74. The number of carbonyl (C=O) groups is 2. The number of halogens is 1. The Morgan fingerprint density at radius 2 is 2.24 bits per heavy atom. The summed E-state index contributed by atoms with van der Waals surface area (Å²) in [5.41, 5.74) is 11.4. The predicted octanol–water partition coefficient (Wildman–Crippen LogP) is 0.636. The van der Waals surface area contributed by atoms with Crippen LogP contribution in [0.2, 0.25) is 0 Å². The monoisotopic (exact) mass is 315 g/mol. The van der Waals surface area contributed by atoms with Crippen LogP contribution >= 0.6 is 12.4 Å². The van der Waals surface area contributed by atoms with Crippen LogP contribution in [0.15, 0.2) is 12.4 Å². The zero-order valence-electron chi connectivity index (χ0n) is 12.0. The summed E-state index contributed by atoms with van der Waals surface area (Å²) in [4.78, 5) is 23.1. The van der Waals surface area contributed by atoms with Crippen molar-refractivity contribution in [2.45, 2.75) is 44.7 Å². The van der Waals surface area contributed by atoms with Gasteiger partial charge in [-0.3, -0.25) is 14.3 Å². The maximum Gasteiger partial charge on any atom is 0.239 e. The molecule has 5 N–H and O–H groups in total. The Balaban J connectivity index is 0.00000220. The number of hydrogen-bond acceptors (Lipinski definition) is 4. The number of anilines is 1. The second-order valence-electron chi connectivity index (χ2n) is 5.69. The van der Waals surface area contributed by atoms with E-state index in [1.165, 1.54) is 10.9 Å². The fraction of sp³-hybridized carbons (Fsp3) is 0.615. The molecule has 21 heavy (non-hydrogen) atoms. The summed E-state index contributed by atoms with van der Waals surface area (Å²) < 4.78 is 1.39. The quantitative estimate of drug-likeness (QED) is 0.755. The van der Waals surface area contributed by atoms with Gasteiger partial charge >= 0.3 is 0 Å². The molecule has 8 heteroatoms. The Bertz CT molecular complexity index is 514. The van der Waals surface area contributed by atoms with Gasteiger partial charge in [0.2, 0.25) is 11.8 Å². The van der Waals surface area contributed by atoms with Gasteiger partial charge in [0.05, 0.1) is 17.8 Å². The van der Waals surface area contributed by atoms with Gasteiger partial charge in [0.1, 0.15) is 6.54 Å². The van der Waals surface area contributed by atoms with Crippen LogP contribution in [0.25, 0.3) is 0 Å². The van der Waals surface area contributed by atoms with E-state index in [9.17, 15) is 9.59 Å². The SMILES string of the molecule is CC1(N)CCCCC1C(=O)Nc1cnn(CC(N)=O)c1.Cl. The Hall–Kier alpha value is -1.60. The lowest BCUT2D eigenvalue weighted by atomic mass is 9.74. The minimum absolute atomic E-state index is 0. The lowest BCUT2D eigenvalue weighted by Crippen LogP contribution is -2.51. The van der Waals surface area contributed by atoms with Gasteiger partial charge in [-0.15, -0.1) is 12.4 Å². The fourth-order valence-corrected chi connectivity index (χ4v) is 2.69. The van der Waals surface area contributed by atoms with Crippen molar-refractivity contribution < 1.29 is 9.59 Å². The second-order valence-corrected chi connectivity index (χ2v) is 5.69. The molecule has 7 nitrogen and oxygen atoms in total. The van der Waals surface area contributed by atoms with E-state index in [0.29, 0.717) is 5.69 Å². The van der Waals surface area contributed by atoms with Gasteiger partial charge < -0.3 is 16.8 Å². The van der Waals surface area contributed by atoms with E-state index in [-0.39, 0.29) is 30.8 Å². The molecule has 0 radical (unpaired) electrons. The first-order valence-corrected chi connectivity index (χ1v) is 6.79. The lowest BCUT2D eigenvalue weighted by Gasteiger charge is -2.37. The molecule has 1 fully saturated rings. The van der Waals surface area contributed by atoms with Crippen molar-refractivity contribution in [3.8, 4) is 0 Å². The maximum atomic E-state index is 12.3. The van der Waals surface area contributed by atoms with Gasteiger partial charge in [0.15, 0.2) is 0 Å². The molecule has 0 spiro atoms. The third-order valence-corrected chi connectivity index (χ3v) is 3.79. The van der Waals surface area contributed by atoms with Crippen LogP contribution < -0.4 is 16.8 Å². The van der Waals surface area contributed by atoms with E-state index in [4.69, 9.17) is 11.5 Å². The van der Waals surface area contributed by atoms with Crippen LogP contribution in [0.1, 0.15) is 32.6 Å². The van der Waals surface area contributed by atoms with Gasteiger partial charge in [-0.1, -0.05) is 12.8 Å². The summed E-state index contributed by atoms with van der Waals surface area (Å²) in [7, 11) is 0. The van der Waals surface area contributed by atoms with E-state index < -0.39 is 11.4 Å². The molecule has 2 unspecified atom stereocenters. The Labute approximate surface area is 129 Å². The first-order chi connectivity index (χ1) is 9.38. The number of carbonyl (C=O) groups excluding carboxylic acids is 2. The molecular formula is C13H22ClN5O2. The Morgan fingerprint density at radius 3 is 2.86 bits per heavy atom. The molecule has 0 aliphatic heterocycles. The zero-order valence-corrected chi connectivity index (χ0v) is 12.9. The van der Waals surface area contributed by atoms with E-state index >= 15 is 0 Å². The summed E-state index contributed by atoms with van der Waals surface area (Å²) in [6, 6.07) is 0. The Morgan fingerprint density at radius 1 is 1.52 bits per heavy atom. The van der Waals surface area contributed by atoms with Gasteiger partial charge in [-0.2, -0.15) is 5.10 Å². The minimum Gasteiger partial charge on any atom is -0.368 e. The number of nitrogens with one attached hydrogen (secondary N) is 1. The van der Waals surface area contributed by atoms with E-state index in [1.54, 1.807) is 6.20 Å². The average Bonchev–Trinajstić information content (AvgIpc) is 2.74. The third kappa shape index (κ3) is 4.44. The highest BCUT2D eigenvalue weighted by Gasteiger charge is 2.37. The minimum atomic E-state index is -0.479. The summed E-state index contributed by atoms with van der Waals surface area (Å²) in [5.74, 6) is -0.767. The highest BCUT2D eigenvalue weighted by Crippen LogP contribution is 2.32. The van der Waals surface area contributed by atoms with Gasteiger partial charge in [0, 0.05) is 11.7 Å². The molecule has 2 atom stereocenters. The molecule has 1 aromatic rings. The molecule has 1 aliphatic rings. The van der Waals surface area contributed by atoms with Crippen LogP contribution in [-0.2, 0) is 16.1 Å². The van der Waals surface area contributed by atoms with Gasteiger partial charge in [-0.05, 0) is 19.8 Å². The van der Waals surface area contributed by atoms with Crippen molar-refractivity contribution in [2.75, 3.05) is 5.32 Å². The topological polar surface area (TPSA) is 116 Å². The largest absolute Gasteiger partial charge is 0.368 e. The molecule has 2 amide bonds. The lowest BCUT2D eigenvalue weighted by molar-refractivity contribution is -0.123. The number of hydrogen-bond donors (Lipinski definition) is 3. The van der Waals surface area contributed by atoms with Crippen LogP contribution in [0.3, 0.4) is 0 Å². The first-order valence-electron chi connectivity index (χ1n) is 6.79. The predicted molar refractivity (Wildman–Crippen MR) is 81.8 cm³/mol. The van der Waals surface area contributed by atoms with Crippen LogP contribution in [0.5, 0.6) is 0 Å². The highest BCUT2D eigenvalue weighted by atomic mass is 35.5. The second kappa shape index (κ2) is 6.91. The van der Waals surface area contributed by atoms with E-state index in [1.807, 2.05) is 6.92 Å². The van der Waals surface area contributed by atoms with Crippen molar-refractivity contribution in [1.29, 1.82) is 0 Å². The van der Waals surface area contributed by atoms with Crippen molar-refractivity contribution in [3.05, 3.63) is 12.4 Å². The number of amides is 2. The van der Waals surface area contributed by atoms with Gasteiger partial charge in [0.25, 0.3) is 0 Å². The first kappa shape index (κ1) is 17.5. The van der Waals surface area contributed by atoms with Crippen molar-refractivity contribution in [2.24, 2.45) is 17.4 Å². The summed E-state index contributed by atoms with van der Waals surface area (Å²) in [6.45, 7) is 1.92. The molecule has 1 aromatic heterocycles. The third-order valence-electron chi connectivity index (χ3n) is 3.79. The molecule has 1 aliphatic carbocycles. The number of aromatic nitrogens is 2. The smallest absolute Gasteiger partial charge is 0.239 e. The van der Waals surface area contributed by atoms with Crippen LogP contribution in [0.4, 0.5) is 5.69 Å². The molecule has 1 saturated carbocycles. The van der Waals surface area contributed by atoms with Crippen molar-refractivity contribution >= 4 is 29.9 Å². The molecule has 0 bridgehead atoms. The highest BCUT2D eigenvalue weighted by molar-refractivity contribution is 5.93. The fourth-order valence-electron chi connectivity index (χ4n) is 2.69. The van der Waals surface area contributed by atoms with Crippen LogP contribution in [-0.4, -0.2) is 27.1 Å². The number of nitrogens with two attached hydrogens (primary N) is 2. The number of nitrogens with zero attached hydrogens (tertiary/aromatic N) is 2. The summed E-state index contributed by atoms with van der Waals surface area (Å²) >= 11 is 0. The zero-order chi connectivity index (χ0) is 14.8. The van der Waals surface area contributed by atoms with Gasteiger partial charge in [-0.25, -0.2) is 0 Å². The van der Waals surface area contributed by atoms with Crippen molar-refractivity contribution in [1.82, 2.24) is 9.78 Å². The molecule has 1 heterocycles. The molecule has 0 saturated heterocycles. The normalized spacial score (nSPS) is 25.0. The van der Waals surface area contributed by atoms with Crippen LogP contribution in [0, 0.1) is 5.92 Å². The van der Waals surface area contributed by atoms with E-state index in [2.05, 4.69) is 10.4 Å². The summed E-state index contributed by atoms with van der Waals surface area (Å²) in [6.07, 6.45) is 6.82. The summed E-state index contributed by atoms with van der Waals surface area (Å²) in [5, 5.41) is 6.77. The van der Waals surface area contributed by atoms with Crippen molar-refractivity contribution in [3.63, 3.8) is 0 Å². The maximum absolute atomic E-state index is 12.3. The molecular weight excluding hydrogens is 294 g/mol. The van der Waals surface area contributed by atoms with E-state index in [0.717, 1.165) is 25.7 Å². The average molecular weight is 316 g/mol. The standard InChI is InChI=1S/C13H21N5O2.ClH/c1-13(15)5-3-2-4-10(13)12(20)17-9-6-16-18(7-9)8-11(14)19;/h6-7,10H,2-5,8,15H2,1H3,(H2,14,19)(H,17,20);1H. The molecule has 0 aromatic carbocycles. The molecule has 118 valence electrons. The molecule has 2 rings (SSSR count).